The van der Waals surface area contributed by atoms with Crippen LogP contribution in [0.1, 0.15) is 19.8 Å². The lowest BCUT2D eigenvalue weighted by molar-refractivity contribution is -0.0943. The number of hydrogen-bond acceptors (Lipinski definition) is 3. The van der Waals surface area contributed by atoms with Crippen LogP contribution in [-0.2, 0) is 9.47 Å². The largest absolute Gasteiger partial charge is 0.511 e. The molecular weight excluding hydrogens is 139 g/mol. The molecule has 1 heterocycles. The Labute approximate surface area is 58.1 Å². The smallest absolute Gasteiger partial charge is 0.434 e. The molecule has 1 aliphatic rings. The SMILES string of the molecule is CC1(F)CCCOC(=O)O1. The summed E-state index contributed by atoms with van der Waals surface area (Å²) in [5.41, 5.74) is 0. The number of carbonyl (C=O) groups excluding carboxylic acids is 1. The van der Waals surface area contributed by atoms with Crippen LogP contribution in [0.5, 0.6) is 0 Å². The van der Waals surface area contributed by atoms with E-state index in [0.29, 0.717) is 6.42 Å². The number of ether oxygens (including phenoxy) is 2. The van der Waals surface area contributed by atoms with Gasteiger partial charge in [0.05, 0.1) is 6.61 Å². The van der Waals surface area contributed by atoms with Crippen molar-refractivity contribution >= 4 is 6.16 Å². The second kappa shape index (κ2) is 2.44. The first-order chi connectivity index (χ1) is 4.60. The number of cyclic esters (lactones) is 2. The van der Waals surface area contributed by atoms with Crippen molar-refractivity contribution in [1.82, 2.24) is 0 Å². The van der Waals surface area contributed by atoms with Crippen molar-refractivity contribution in [2.75, 3.05) is 6.61 Å². The predicted octanol–water partition coefficient (Wildman–Crippen LogP) is 1.62. The Morgan fingerprint density at radius 2 is 2.40 bits per heavy atom. The molecule has 0 aromatic carbocycles. The molecule has 0 N–H and O–H groups in total. The molecule has 1 atom stereocenters. The maximum Gasteiger partial charge on any atom is 0.511 e. The van der Waals surface area contributed by atoms with Crippen LogP contribution in [0.3, 0.4) is 0 Å². The van der Waals surface area contributed by atoms with Crippen molar-refractivity contribution < 1.29 is 18.7 Å². The van der Waals surface area contributed by atoms with Crippen LogP contribution in [0.2, 0.25) is 0 Å². The molecule has 1 saturated heterocycles. The van der Waals surface area contributed by atoms with Gasteiger partial charge in [0.25, 0.3) is 5.85 Å². The highest BCUT2D eigenvalue weighted by Gasteiger charge is 2.30. The molecule has 0 aliphatic carbocycles. The van der Waals surface area contributed by atoms with Gasteiger partial charge in [-0.3, -0.25) is 0 Å². The summed E-state index contributed by atoms with van der Waals surface area (Å²) in [4.78, 5) is 10.4. The molecule has 0 spiro atoms. The van der Waals surface area contributed by atoms with Crippen molar-refractivity contribution in [2.45, 2.75) is 25.6 Å². The average molecular weight is 148 g/mol. The van der Waals surface area contributed by atoms with E-state index in [-0.39, 0.29) is 13.0 Å². The molecule has 1 fully saturated rings. The molecule has 4 heteroatoms. The number of rotatable bonds is 0. The quantitative estimate of drug-likeness (QED) is 0.489. The minimum Gasteiger partial charge on any atom is -0.434 e. The Hall–Kier alpha value is -0.800. The van der Waals surface area contributed by atoms with E-state index in [9.17, 15) is 9.18 Å². The summed E-state index contributed by atoms with van der Waals surface area (Å²) in [6.07, 6.45) is -0.195. The molecule has 1 aliphatic heterocycles. The molecule has 0 aromatic heterocycles. The maximum absolute atomic E-state index is 12.9. The van der Waals surface area contributed by atoms with Crippen LogP contribution in [0.4, 0.5) is 9.18 Å². The van der Waals surface area contributed by atoms with Gasteiger partial charge in [-0.25, -0.2) is 4.79 Å². The number of alkyl halides is 1. The molecule has 58 valence electrons. The fourth-order valence-electron chi connectivity index (χ4n) is 0.798. The van der Waals surface area contributed by atoms with Gasteiger partial charge in [-0.05, 0) is 6.42 Å². The van der Waals surface area contributed by atoms with E-state index in [1.54, 1.807) is 0 Å². The number of halogens is 1. The third-order valence-electron chi connectivity index (χ3n) is 1.28. The highest BCUT2D eigenvalue weighted by Crippen LogP contribution is 2.22. The van der Waals surface area contributed by atoms with Crippen LogP contribution < -0.4 is 0 Å². The van der Waals surface area contributed by atoms with E-state index in [1.165, 1.54) is 6.92 Å². The van der Waals surface area contributed by atoms with Gasteiger partial charge < -0.3 is 9.47 Å². The molecule has 1 rings (SSSR count). The minimum atomic E-state index is -1.84. The predicted molar refractivity (Wildman–Crippen MR) is 31.2 cm³/mol. The Morgan fingerprint density at radius 3 is 3.10 bits per heavy atom. The van der Waals surface area contributed by atoms with Gasteiger partial charge in [0.2, 0.25) is 0 Å². The zero-order valence-corrected chi connectivity index (χ0v) is 5.72. The lowest BCUT2D eigenvalue weighted by Gasteiger charge is -2.15. The second-order valence-corrected chi connectivity index (χ2v) is 2.41. The van der Waals surface area contributed by atoms with Crippen molar-refractivity contribution in [2.24, 2.45) is 0 Å². The lowest BCUT2D eigenvalue weighted by atomic mass is 10.2. The van der Waals surface area contributed by atoms with Crippen LogP contribution in [0.15, 0.2) is 0 Å². The standard InChI is InChI=1S/C6H9FO3/c1-6(7)3-2-4-9-5(8)10-6/h2-4H2,1H3. The molecule has 0 radical (unpaired) electrons. The third kappa shape index (κ3) is 1.86. The maximum atomic E-state index is 12.9. The van der Waals surface area contributed by atoms with E-state index in [0.717, 1.165) is 0 Å². The molecule has 1 unspecified atom stereocenters. The van der Waals surface area contributed by atoms with Gasteiger partial charge in [-0.2, -0.15) is 4.39 Å². The summed E-state index contributed by atoms with van der Waals surface area (Å²) < 4.78 is 21.6. The first-order valence-corrected chi connectivity index (χ1v) is 3.15. The summed E-state index contributed by atoms with van der Waals surface area (Å²) in [5.74, 6) is -1.84. The van der Waals surface area contributed by atoms with Gasteiger partial charge in [0, 0.05) is 13.3 Å². The normalized spacial score (nSPS) is 34.0. The van der Waals surface area contributed by atoms with Crippen LogP contribution >= 0.6 is 0 Å². The van der Waals surface area contributed by atoms with E-state index in [2.05, 4.69) is 9.47 Å². The minimum absolute atomic E-state index is 0.207. The van der Waals surface area contributed by atoms with Gasteiger partial charge in [0.15, 0.2) is 0 Å². The van der Waals surface area contributed by atoms with Crippen molar-refractivity contribution in [3.8, 4) is 0 Å². The van der Waals surface area contributed by atoms with Gasteiger partial charge in [-0.15, -0.1) is 0 Å². The summed E-state index contributed by atoms with van der Waals surface area (Å²) in [5, 5.41) is 0. The average Bonchev–Trinajstić information content (AvgIpc) is 1.90. The highest BCUT2D eigenvalue weighted by molar-refractivity contribution is 5.60. The van der Waals surface area contributed by atoms with E-state index in [4.69, 9.17) is 0 Å². The zero-order valence-electron chi connectivity index (χ0n) is 5.72. The molecule has 0 saturated carbocycles. The van der Waals surface area contributed by atoms with Crippen LogP contribution in [0, 0.1) is 0 Å². The van der Waals surface area contributed by atoms with Crippen LogP contribution in [0.25, 0.3) is 0 Å². The second-order valence-electron chi connectivity index (χ2n) is 2.41. The van der Waals surface area contributed by atoms with Gasteiger partial charge >= 0.3 is 6.16 Å². The summed E-state index contributed by atoms with van der Waals surface area (Å²) >= 11 is 0. The Kier molecular flexibility index (Phi) is 1.78. The summed E-state index contributed by atoms with van der Waals surface area (Å²) in [7, 11) is 0. The molecule has 0 bridgehead atoms. The van der Waals surface area contributed by atoms with Crippen molar-refractivity contribution in [1.29, 1.82) is 0 Å². The number of hydrogen-bond donors (Lipinski definition) is 0. The first-order valence-electron chi connectivity index (χ1n) is 3.15. The molecule has 0 amide bonds. The molecule has 3 nitrogen and oxygen atoms in total. The van der Waals surface area contributed by atoms with Crippen molar-refractivity contribution in [3.63, 3.8) is 0 Å². The van der Waals surface area contributed by atoms with Gasteiger partial charge in [0.1, 0.15) is 0 Å². The fourth-order valence-corrected chi connectivity index (χ4v) is 0.798. The molecule has 10 heavy (non-hydrogen) atoms. The molecular formula is C6H9FO3. The highest BCUT2D eigenvalue weighted by atomic mass is 19.2. The third-order valence-corrected chi connectivity index (χ3v) is 1.28. The monoisotopic (exact) mass is 148 g/mol. The lowest BCUT2D eigenvalue weighted by Crippen LogP contribution is -2.23. The van der Waals surface area contributed by atoms with Gasteiger partial charge in [-0.1, -0.05) is 0 Å². The summed E-state index contributed by atoms with van der Waals surface area (Å²) in [6, 6.07) is 0. The molecule has 0 aromatic rings. The van der Waals surface area contributed by atoms with E-state index < -0.39 is 12.0 Å². The topological polar surface area (TPSA) is 35.5 Å². The first kappa shape index (κ1) is 7.31. The van der Waals surface area contributed by atoms with Crippen LogP contribution in [-0.4, -0.2) is 18.6 Å². The zero-order chi connectivity index (χ0) is 7.61. The Bertz CT molecular complexity index is 144. The van der Waals surface area contributed by atoms with E-state index >= 15 is 0 Å². The fraction of sp³-hybridized carbons (Fsp3) is 0.833. The Balaban J connectivity index is 2.54. The Morgan fingerprint density at radius 1 is 1.70 bits per heavy atom. The van der Waals surface area contributed by atoms with E-state index in [1.807, 2.05) is 0 Å². The number of carbonyl (C=O) groups is 1. The summed E-state index contributed by atoms with van der Waals surface area (Å²) in [6.45, 7) is 1.47. The van der Waals surface area contributed by atoms with Crippen molar-refractivity contribution in [3.05, 3.63) is 0 Å².